The maximum atomic E-state index is 13.4. The van der Waals surface area contributed by atoms with Gasteiger partial charge in [-0.05, 0) is 25.0 Å². The molecule has 5 rings (SSSR count). The van der Waals surface area contributed by atoms with Crippen LogP contribution < -0.4 is 10.2 Å². The Kier molecular flexibility index (Phi) is 7.46. The molecule has 0 spiro atoms. The van der Waals surface area contributed by atoms with Crippen molar-refractivity contribution in [1.82, 2.24) is 24.8 Å². The van der Waals surface area contributed by atoms with E-state index in [0.717, 1.165) is 62.5 Å². The molecule has 0 radical (unpaired) electrons. The van der Waals surface area contributed by atoms with Gasteiger partial charge in [-0.15, -0.1) is 24.8 Å². The van der Waals surface area contributed by atoms with Crippen LogP contribution in [0.15, 0.2) is 41.1 Å². The van der Waals surface area contributed by atoms with Gasteiger partial charge in [-0.1, -0.05) is 12.1 Å². The highest BCUT2D eigenvalue weighted by molar-refractivity contribution is 5.85. The molecule has 4 heterocycles. The predicted molar refractivity (Wildman–Crippen MR) is 124 cm³/mol. The summed E-state index contributed by atoms with van der Waals surface area (Å²) < 4.78 is 7.91. The molecule has 2 saturated heterocycles. The first-order valence-electron chi connectivity index (χ1n) is 10.3. The molecule has 2 fully saturated rings. The van der Waals surface area contributed by atoms with Crippen molar-refractivity contribution in [2.45, 2.75) is 18.9 Å². The molecule has 168 valence electrons. The third-order valence-electron chi connectivity index (χ3n) is 6.08. The van der Waals surface area contributed by atoms with Crippen molar-refractivity contribution in [3.05, 3.63) is 42.5 Å². The van der Waals surface area contributed by atoms with E-state index in [2.05, 4.69) is 20.2 Å². The van der Waals surface area contributed by atoms with E-state index >= 15 is 0 Å². The molecule has 31 heavy (non-hydrogen) atoms. The molecule has 0 aliphatic carbocycles. The molecule has 8 nitrogen and oxygen atoms in total. The van der Waals surface area contributed by atoms with Crippen molar-refractivity contribution < 1.29 is 9.21 Å². The van der Waals surface area contributed by atoms with Crippen LogP contribution in [0.25, 0.3) is 11.1 Å². The van der Waals surface area contributed by atoms with Crippen LogP contribution in [0.5, 0.6) is 0 Å². The number of amides is 1. The minimum Gasteiger partial charge on any atom is -0.423 e. The van der Waals surface area contributed by atoms with E-state index in [1.165, 1.54) is 0 Å². The number of carbonyl (C=O) groups excluding carboxylic acids is 1. The zero-order valence-corrected chi connectivity index (χ0v) is 19.1. The minimum atomic E-state index is -0.00804. The van der Waals surface area contributed by atoms with Gasteiger partial charge in [0.2, 0.25) is 5.91 Å². The first-order valence-corrected chi connectivity index (χ1v) is 10.3. The number of hydrogen-bond acceptors (Lipinski definition) is 6. The number of fused-ring (bicyclic) bond motifs is 1. The topological polar surface area (TPSA) is 79.4 Å². The minimum absolute atomic E-state index is 0. The lowest BCUT2D eigenvalue weighted by atomic mass is 9.94. The Balaban J connectivity index is 0.00000136. The van der Waals surface area contributed by atoms with Gasteiger partial charge in [-0.2, -0.15) is 4.98 Å². The summed E-state index contributed by atoms with van der Waals surface area (Å²) in [4.78, 5) is 26.6. The summed E-state index contributed by atoms with van der Waals surface area (Å²) >= 11 is 0. The standard InChI is InChI=1S/C21H26N6O2.2ClH/c1-25-12-9-23-19(25)17-14-22-8-13-27(17)20(28)15-6-10-26(11-7-15)21-24-16-4-2-3-5-18(16)29-21;;/h2-5,9,12,15,17,22H,6-8,10-11,13-14H2,1H3;2*1H. The van der Waals surface area contributed by atoms with Crippen LogP contribution in [0, 0.1) is 5.92 Å². The number of aromatic nitrogens is 3. The van der Waals surface area contributed by atoms with Gasteiger partial charge in [-0.25, -0.2) is 4.98 Å². The molecule has 2 aliphatic heterocycles. The monoisotopic (exact) mass is 466 g/mol. The Morgan fingerprint density at radius 2 is 1.94 bits per heavy atom. The zero-order chi connectivity index (χ0) is 19.8. The Morgan fingerprint density at radius 1 is 1.16 bits per heavy atom. The van der Waals surface area contributed by atoms with E-state index in [9.17, 15) is 4.79 Å². The first kappa shape index (κ1) is 23.4. The number of halogens is 2. The van der Waals surface area contributed by atoms with Crippen LogP contribution in [0.3, 0.4) is 0 Å². The van der Waals surface area contributed by atoms with Gasteiger partial charge in [0.25, 0.3) is 6.01 Å². The van der Waals surface area contributed by atoms with E-state index in [-0.39, 0.29) is 42.7 Å². The molecule has 1 unspecified atom stereocenters. The number of anilines is 1. The number of rotatable bonds is 3. The second kappa shape index (κ2) is 9.89. The average Bonchev–Trinajstić information content (AvgIpc) is 3.39. The van der Waals surface area contributed by atoms with E-state index in [0.29, 0.717) is 6.01 Å². The number of piperidine rings is 1. The third-order valence-corrected chi connectivity index (χ3v) is 6.08. The maximum absolute atomic E-state index is 13.4. The van der Waals surface area contributed by atoms with Crippen molar-refractivity contribution >= 4 is 47.8 Å². The number of hydrogen-bond donors (Lipinski definition) is 1. The Morgan fingerprint density at radius 3 is 2.65 bits per heavy atom. The highest BCUT2D eigenvalue weighted by Crippen LogP contribution is 2.29. The predicted octanol–water partition coefficient (Wildman–Crippen LogP) is 2.79. The van der Waals surface area contributed by atoms with Gasteiger partial charge >= 0.3 is 0 Å². The normalized spacial score (nSPS) is 19.7. The van der Waals surface area contributed by atoms with Crippen LogP contribution in [0.1, 0.15) is 24.7 Å². The number of carbonyl (C=O) groups is 1. The summed E-state index contributed by atoms with van der Waals surface area (Å²) in [6.45, 7) is 3.86. The third kappa shape index (κ3) is 4.51. The molecule has 10 heteroatoms. The van der Waals surface area contributed by atoms with Crippen LogP contribution in [-0.4, -0.2) is 58.1 Å². The lowest BCUT2D eigenvalue weighted by Gasteiger charge is -2.39. The second-order valence-electron chi connectivity index (χ2n) is 7.87. The van der Waals surface area contributed by atoms with Gasteiger partial charge in [0.15, 0.2) is 5.58 Å². The van der Waals surface area contributed by atoms with Crippen LogP contribution in [0.4, 0.5) is 6.01 Å². The number of piperazine rings is 1. The lowest BCUT2D eigenvalue weighted by Crippen LogP contribution is -2.52. The first-order chi connectivity index (χ1) is 14.2. The summed E-state index contributed by atoms with van der Waals surface area (Å²) in [6.07, 6.45) is 5.36. The summed E-state index contributed by atoms with van der Waals surface area (Å²) in [5.41, 5.74) is 1.68. The molecule has 0 bridgehead atoms. The highest BCUT2D eigenvalue weighted by Gasteiger charge is 2.36. The van der Waals surface area contributed by atoms with Gasteiger partial charge in [0, 0.05) is 58.1 Å². The fourth-order valence-corrected chi connectivity index (χ4v) is 4.44. The zero-order valence-electron chi connectivity index (χ0n) is 17.4. The van der Waals surface area contributed by atoms with Gasteiger partial charge in [0.05, 0.1) is 0 Å². The molecule has 3 aromatic rings. The average molecular weight is 467 g/mol. The number of oxazole rings is 1. The molecular weight excluding hydrogens is 439 g/mol. The summed E-state index contributed by atoms with van der Waals surface area (Å²) in [5.74, 6) is 1.22. The number of benzene rings is 1. The van der Waals surface area contributed by atoms with Crippen LogP contribution in [0.2, 0.25) is 0 Å². The number of nitrogens with zero attached hydrogens (tertiary/aromatic N) is 5. The summed E-state index contributed by atoms with van der Waals surface area (Å²) in [7, 11) is 1.98. The fourth-order valence-electron chi connectivity index (χ4n) is 4.44. The highest BCUT2D eigenvalue weighted by atomic mass is 35.5. The number of aryl methyl sites for hydroxylation is 1. The number of imidazole rings is 1. The molecule has 0 saturated carbocycles. The molecule has 1 atom stereocenters. The van der Waals surface area contributed by atoms with E-state index in [1.807, 2.05) is 47.0 Å². The van der Waals surface area contributed by atoms with Crippen molar-refractivity contribution in [2.75, 3.05) is 37.6 Å². The van der Waals surface area contributed by atoms with Gasteiger partial charge in [0.1, 0.15) is 17.4 Å². The smallest absolute Gasteiger partial charge is 0.298 e. The number of nitrogens with one attached hydrogen (secondary N) is 1. The fraction of sp³-hybridized carbons (Fsp3) is 0.476. The van der Waals surface area contributed by atoms with Crippen molar-refractivity contribution in [3.8, 4) is 0 Å². The second-order valence-corrected chi connectivity index (χ2v) is 7.87. The van der Waals surface area contributed by atoms with Gasteiger partial charge < -0.3 is 24.1 Å². The molecule has 2 aliphatic rings. The van der Waals surface area contributed by atoms with E-state index in [4.69, 9.17) is 4.42 Å². The van der Waals surface area contributed by atoms with Gasteiger partial charge in [-0.3, -0.25) is 4.79 Å². The largest absolute Gasteiger partial charge is 0.423 e. The lowest BCUT2D eigenvalue weighted by molar-refractivity contribution is -0.140. The molecule has 2 aromatic heterocycles. The van der Waals surface area contributed by atoms with Crippen molar-refractivity contribution in [1.29, 1.82) is 0 Å². The molecule has 1 amide bonds. The SMILES string of the molecule is Cl.Cl.Cn1ccnc1C1CNCCN1C(=O)C1CCN(c2nc3ccccc3o2)CC1. The summed E-state index contributed by atoms with van der Waals surface area (Å²) in [6, 6.07) is 8.46. The Bertz CT molecular complexity index is 981. The van der Waals surface area contributed by atoms with Crippen LogP contribution in [-0.2, 0) is 11.8 Å². The number of para-hydroxylation sites is 2. The quantitative estimate of drug-likeness (QED) is 0.639. The van der Waals surface area contributed by atoms with E-state index in [1.54, 1.807) is 6.20 Å². The van der Waals surface area contributed by atoms with Crippen LogP contribution >= 0.6 is 24.8 Å². The Hall–Kier alpha value is -2.29. The summed E-state index contributed by atoms with van der Waals surface area (Å²) in [5, 5.41) is 3.40. The van der Waals surface area contributed by atoms with Crippen molar-refractivity contribution in [3.63, 3.8) is 0 Å². The Labute approximate surface area is 193 Å². The maximum Gasteiger partial charge on any atom is 0.298 e. The molecule has 1 aromatic carbocycles. The molecular formula is C21H28Cl2N6O2. The van der Waals surface area contributed by atoms with E-state index < -0.39 is 0 Å². The van der Waals surface area contributed by atoms with Crippen molar-refractivity contribution in [2.24, 2.45) is 13.0 Å². The molecule has 1 N–H and O–H groups in total.